The Balaban J connectivity index is 1.86. The van der Waals surface area contributed by atoms with E-state index in [0.717, 1.165) is 0 Å². The lowest BCUT2D eigenvalue weighted by Gasteiger charge is -2.36. The molecular formula is C26H24N2O2. The van der Waals surface area contributed by atoms with E-state index in [4.69, 9.17) is 4.74 Å². The standard InChI is InChI=1S/C26H24N2O2/c1-30-25(29)17-24-18-28(20-27-24)19-26(21-11-5-2-6-12-21,22-13-7-3-8-14-22)23-15-9-4-10-16-23/h2-16,18,20H,17,19H2,1H3. The number of carbonyl (C=O) groups is 1. The van der Waals surface area contributed by atoms with E-state index in [0.29, 0.717) is 12.2 Å². The minimum absolute atomic E-state index is 0.165. The first-order valence-electron chi connectivity index (χ1n) is 9.96. The largest absolute Gasteiger partial charge is 0.469 e. The predicted molar refractivity (Wildman–Crippen MR) is 117 cm³/mol. The monoisotopic (exact) mass is 396 g/mol. The molecule has 4 nitrogen and oxygen atoms in total. The molecule has 0 aliphatic carbocycles. The fourth-order valence-corrected chi connectivity index (χ4v) is 4.02. The Morgan fingerprint density at radius 3 is 1.73 bits per heavy atom. The molecule has 0 fully saturated rings. The highest BCUT2D eigenvalue weighted by Gasteiger charge is 2.36. The summed E-state index contributed by atoms with van der Waals surface area (Å²) >= 11 is 0. The van der Waals surface area contributed by atoms with Gasteiger partial charge in [-0.1, -0.05) is 91.0 Å². The van der Waals surface area contributed by atoms with Crippen LogP contribution in [0.25, 0.3) is 0 Å². The second-order valence-electron chi connectivity index (χ2n) is 7.29. The van der Waals surface area contributed by atoms with Gasteiger partial charge in [-0.15, -0.1) is 0 Å². The van der Waals surface area contributed by atoms with Crippen molar-refractivity contribution in [2.75, 3.05) is 7.11 Å². The molecule has 4 aromatic rings. The molecule has 0 unspecified atom stereocenters. The summed E-state index contributed by atoms with van der Waals surface area (Å²) in [6.07, 6.45) is 3.89. The van der Waals surface area contributed by atoms with Gasteiger partial charge in [-0.05, 0) is 16.7 Å². The average Bonchev–Trinajstić information content (AvgIpc) is 3.25. The van der Waals surface area contributed by atoms with Crippen LogP contribution in [0.1, 0.15) is 22.4 Å². The molecule has 0 aliphatic heterocycles. The zero-order chi connectivity index (χ0) is 20.8. The van der Waals surface area contributed by atoms with Gasteiger partial charge < -0.3 is 9.30 Å². The molecule has 0 saturated heterocycles. The van der Waals surface area contributed by atoms with Gasteiger partial charge in [0.1, 0.15) is 0 Å². The normalized spacial score (nSPS) is 11.2. The Kier molecular flexibility index (Phi) is 5.75. The Hall–Kier alpha value is -3.66. The van der Waals surface area contributed by atoms with Crippen molar-refractivity contribution in [3.05, 3.63) is 126 Å². The van der Waals surface area contributed by atoms with E-state index < -0.39 is 5.41 Å². The lowest BCUT2D eigenvalue weighted by molar-refractivity contribution is -0.139. The SMILES string of the molecule is COC(=O)Cc1cn(CC(c2ccccc2)(c2ccccc2)c2ccccc2)cn1. The fraction of sp³-hybridized carbons (Fsp3) is 0.154. The van der Waals surface area contributed by atoms with Crippen molar-refractivity contribution in [3.8, 4) is 0 Å². The second-order valence-corrected chi connectivity index (χ2v) is 7.29. The predicted octanol–water partition coefficient (Wildman–Crippen LogP) is 4.63. The van der Waals surface area contributed by atoms with Crippen LogP contribution in [0, 0.1) is 0 Å². The lowest BCUT2D eigenvalue weighted by atomic mass is 9.69. The maximum atomic E-state index is 11.7. The van der Waals surface area contributed by atoms with Crippen LogP contribution in [-0.2, 0) is 27.9 Å². The summed E-state index contributed by atoms with van der Waals surface area (Å²) in [5.41, 5.74) is 3.89. The minimum Gasteiger partial charge on any atom is -0.469 e. The number of aromatic nitrogens is 2. The van der Waals surface area contributed by atoms with Crippen LogP contribution < -0.4 is 0 Å². The van der Waals surface area contributed by atoms with Gasteiger partial charge in [0.25, 0.3) is 0 Å². The molecular weight excluding hydrogens is 372 g/mol. The molecule has 0 spiro atoms. The van der Waals surface area contributed by atoms with Crippen molar-refractivity contribution in [2.24, 2.45) is 0 Å². The van der Waals surface area contributed by atoms with Crippen LogP contribution >= 0.6 is 0 Å². The highest BCUT2D eigenvalue weighted by Crippen LogP contribution is 2.40. The van der Waals surface area contributed by atoms with Crippen molar-refractivity contribution < 1.29 is 9.53 Å². The summed E-state index contributed by atoms with van der Waals surface area (Å²) in [6.45, 7) is 0.652. The topological polar surface area (TPSA) is 44.1 Å². The summed E-state index contributed by atoms with van der Waals surface area (Å²) in [5.74, 6) is -0.291. The minimum atomic E-state index is -0.410. The molecule has 30 heavy (non-hydrogen) atoms. The highest BCUT2D eigenvalue weighted by atomic mass is 16.5. The lowest BCUT2D eigenvalue weighted by Crippen LogP contribution is -2.34. The number of ether oxygens (including phenoxy) is 1. The van der Waals surface area contributed by atoms with Gasteiger partial charge >= 0.3 is 5.97 Å². The molecule has 0 radical (unpaired) electrons. The molecule has 1 heterocycles. The van der Waals surface area contributed by atoms with Crippen molar-refractivity contribution in [1.29, 1.82) is 0 Å². The number of rotatable bonds is 7. The van der Waals surface area contributed by atoms with E-state index in [1.54, 1.807) is 6.33 Å². The van der Waals surface area contributed by atoms with Crippen LogP contribution in [0.5, 0.6) is 0 Å². The van der Waals surface area contributed by atoms with Crippen molar-refractivity contribution in [1.82, 2.24) is 9.55 Å². The number of hydrogen-bond acceptors (Lipinski definition) is 3. The van der Waals surface area contributed by atoms with Crippen molar-refractivity contribution in [3.63, 3.8) is 0 Å². The molecule has 4 rings (SSSR count). The van der Waals surface area contributed by atoms with Gasteiger partial charge in [-0.3, -0.25) is 4.79 Å². The van der Waals surface area contributed by atoms with Crippen molar-refractivity contribution in [2.45, 2.75) is 18.4 Å². The van der Waals surface area contributed by atoms with E-state index in [1.165, 1.54) is 23.8 Å². The highest BCUT2D eigenvalue weighted by molar-refractivity contribution is 5.71. The summed E-state index contributed by atoms with van der Waals surface area (Å²) in [4.78, 5) is 16.1. The number of hydrogen-bond donors (Lipinski definition) is 0. The number of nitrogens with zero attached hydrogens (tertiary/aromatic N) is 2. The van der Waals surface area contributed by atoms with Crippen LogP contribution in [0.15, 0.2) is 104 Å². The summed E-state index contributed by atoms with van der Waals surface area (Å²) < 4.78 is 6.84. The Labute approximate surface area is 176 Å². The van der Waals surface area contributed by atoms with E-state index in [-0.39, 0.29) is 12.4 Å². The maximum Gasteiger partial charge on any atom is 0.311 e. The summed E-state index contributed by atoms with van der Waals surface area (Å²) in [7, 11) is 1.39. The average molecular weight is 396 g/mol. The van der Waals surface area contributed by atoms with Crippen LogP contribution in [0.4, 0.5) is 0 Å². The second kappa shape index (κ2) is 8.78. The number of methoxy groups -OCH3 is 1. The first-order valence-corrected chi connectivity index (χ1v) is 9.96. The van der Waals surface area contributed by atoms with E-state index in [2.05, 4.69) is 82.3 Å². The third kappa shape index (κ3) is 3.90. The molecule has 3 aromatic carbocycles. The molecule has 150 valence electrons. The molecule has 1 aromatic heterocycles. The van der Waals surface area contributed by atoms with Gasteiger partial charge in [-0.25, -0.2) is 4.98 Å². The number of benzene rings is 3. The number of carbonyl (C=O) groups excluding carboxylic acids is 1. The van der Waals surface area contributed by atoms with Gasteiger partial charge in [0.05, 0.1) is 31.0 Å². The zero-order valence-electron chi connectivity index (χ0n) is 16.9. The maximum absolute atomic E-state index is 11.7. The van der Waals surface area contributed by atoms with Gasteiger partial charge in [-0.2, -0.15) is 0 Å². The quantitative estimate of drug-likeness (QED) is 0.338. The molecule has 0 aliphatic rings. The van der Waals surface area contributed by atoms with E-state index in [1.807, 2.05) is 24.4 Å². The smallest absolute Gasteiger partial charge is 0.311 e. The van der Waals surface area contributed by atoms with Gasteiger partial charge in [0.2, 0.25) is 0 Å². The Morgan fingerprint density at radius 1 is 0.833 bits per heavy atom. The molecule has 0 atom stereocenters. The first-order chi connectivity index (χ1) is 14.7. The van der Waals surface area contributed by atoms with Crippen LogP contribution in [0.2, 0.25) is 0 Å². The third-order valence-electron chi connectivity index (χ3n) is 5.46. The van der Waals surface area contributed by atoms with Crippen LogP contribution in [0.3, 0.4) is 0 Å². The Bertz CT molecular complexity index is 993. The zero-order valence-corrected chi connectivity index (χ0v) is 16.9. The molecule has 0 bridgehead atoms. The first kappa shape index (κ1) is 19.6. The molecule has 0 amide bonds. The molecule has 0 N–H and O–H groups in total. The van der Waals surface area contributed by atoms with Gasteiger partial charge in [0.15, 0.2) is 0 Å². The molecule has 4 heteroatoms. The number of imidazole rings is 1. The Morgan fingerprint density at radius 2 is 1.30 bits per heavy atom. The van der Waals surface area contributed by atoms with Gasteiger partial charge in [0, 0.05) is 12.7 Å². The van der Waals surface area contributed by atoms with E-state index >= 15 is 0 Å². The number of esters is 1. The summed E-state index contributed by atoms with van der Waals surface area (Å²) in [5, 5.41) is 0. The van der Waals surface area contributed by atoms with E-state index in [9.17, 15) is 4.79 Å². The third-order valence-corrected chi connectivity index (χ3v) is 5.46. The summed E-state index contributed by atoms with van der Waals surface area (Å²) in [6, 6.07) is 31.6. The molecule has 0 saturated carbocycles. The van der Waals surface area contributed by atoms with Crippen molar-refractivity contribution >= 4 is 5.97 Å². The fourth-order valence-electron chi connectivity index (χ4n) is 4.02. The van der Waals surface area contributed by atoms with Crippen LogP contribution in [-0.4, -0.2) is 22.6 Å².